The summed E-state index contributed by atoms with van der Waals surface area (Å²) in [5.74, 6) is 0.478. The number of alkyl halides is 1. The van der Waals surface area contributed by atoms with Crippen molar-refractivity contribution >= 4 is 26.0 Å². The molecule has 1 N–H and O–H groups in total. The molecule has 1 aliphatic rings. The Bertz CT molecular complexity index is 281. The Morgan fingerprint density at radius 2 is 2.20 bits per heavy atom. The first-order chi connectivity index (χ1) is 7.05. The van der Waals surface area contributed by atoms with Gasteiger partial charge in [0.1, 0.15) is 0 Å². The SMILES string of the molecule is COCCS(=O)(=O)NCC1CCCC1Br. The largest absolute Gasteiger partial charge is 0.384 e. The number of nitrogens with one attached hydrogen (secondary N) is 1. The highest BCUT2D eigenvalue weighted by Crippen LogP contribution is 2.30. The summed E-state index contributed by atoms with van der Waals surface area (Å²) in [5, 5.41) is 0. The summed E-state index contributed by atoms with van der Waals surface area (Å²) in [6.07, 6.45) is 3.42. The summed E-state index contributed by atoms with van der Waals surface area (Å²) in [5.41, 5.74) is 0. The van der Waals surface area contributed by atoms with Crippen LogP contribution in [-0.2, 0) is 14.8 Å². The van der Waals surface area contributed by atoms with Crippen LogP contribution in [0.25, 0.3) is 0 Å². The van der Waals surface area contributed by atoms with Gasteiger partial charge in [-0.15, -0.1) is 0 Å². The number of methoxy groups -OCH3 is 1. The van der Waals surface area contributed by atoms with Crippen molar-refractivity contribution in [1.29, 1.82) is 0 Å². The zero-order chi connectivity index (χ0) is 11.3. The molecule has 6 heteroatoms. The van der Waals surface area contributed by atoms with Crippen LogP contribution in [0, 0.1) is 5.92 Å². The molecule has 2 unspecified atom stereocenters. The molecule has 0 aromatic rings. The normalized spacial score (nSPS) is 27.1. The van der Waals surface area contributed by atoms with E-state index in [4.69, 9.17) is 4.74 Å². The van der Waals surface area contributed by atoms with E-state index in [1.165, 1.54) is 13.5 Å². The maximum absolute atomic E-state index is 11.4. The molecule has 1 aliphatic carbocycles. The summed E-state index contributed by atoms with van der Waals surface area (Å²) in [6.45, 7) is 0.791. The molecule has 1 rings (SSSR count). The van der Waals surface area contributed by atoms with Gasteiger partial charge >= 0.3 is 0 Å². The molecule has 1 fully saturated rings. The molecule has 0 spiro atoms. The molecule has 0 aromatic carbocycles. The van der Waals surface area contributed by atoms with E-state index in [2.05, 4.69) is 20.7 Å². The molecule has 0 bridgehead atoms. The highest BCUT2D eigenvalue weighted by molar-refractivity contribution is 9.09. The lowest BCUT2D eigenvalue weighted by molar-refractivity contribution is 0.217. The Morgan fingerprint density at radius 1 is 1.47 bits per heavy atom. The summed E-state index contributed by atoms with van der Waals surface area (Å²) < 4.78 is 30.3. The van der Waals surface area contributed by atoms with Crippen LogP contribution < -0.4 is 4.72 Å². The minimum Gasteiger partial charge on any atom is -0.384 e. The summed E-state index contributed by atoms with van der Waals surface area (Å²) in [4.78, 5) is 0.461. The Kier molecular flexibility index (Phi) is 5.52. The van der Waals surface area contributed by atoms with E-state index in [0.717, 1.165) is 12.8 Å². The molecule has 15 heavy (non-hydrogen) atoms. The minimum atomic E-state index is -3.15. The first-order valence-corrected chi connectivity index (χ1v) is 7.72. The molecular weight excluding hydrogens is 282 g/mol. The van der Waals surface area contributed by atoms with E-state index >= 15 is 0 Å². The Labute approximate surface area is 99.9 Å². The first kappa shape index (κ1) is 13.4. The number of rotatable bonds is 6. The highest BCUT2D eigenvalue weighted by Gasteiger charge is 2.25. The third-order valence-corrected chi connectivity index (χ3v) is 5.20. The summed E-state index contributed by atoms with van der Waals surface area (Å²) in [6, 6.07) is 0. The third-order valence-electron chi connectivity index (χ3n) is 2.69. The zero-order valence-corrected chi connectivity index (χ0v) is 11.3. The smallest absolute Gasteiger partial charge is 0.213 e. The van der Waals surface area contributed by atoms with Gasteiger partial charge in [0.05, 0.1) is 12.4 Å². The van der Waals surface area contributed by atoms with Crippen LogP contribution in [0.2, 0.25) is 0 Å². The fraction of sp³-hybridized carbons (Fsp3) is 1.00. The van der Waals surface area contributed by atoms with Gasteiger partial charge in [-0.3, -0.25) is 0 Å². The van der Waals surface area contributed by atoms with Crippen molar-refractivity contribution < 1.29 is 13.2 Å². The van der Waals surface area contributed by atoms with Crippen LogP contribution in [0.4, 0.5) is 0 Å². The number of hydrogen-bond acceptors (Lipinski definition) is 3. The van der Waals surface area contributed by atoms with Crippen molar-refractivity contribution in [2.75, 3.05) is 26.0 Å². The molecule has 2 atom stereocenters. The van der Waals surface area contributed by atoms with E-state index in [0.29, 0.717) is 17.3 Å². The van der Waals surface area contributed by atoms with Gasteiger partial charge in [0, 0.05) is 18.5 Å². The minimum absolute atomic E-state index is 0.0448. The van der Waals surface area contributed by atoms with Crippen molar-refractivity contribution in [2.45, 2.75) is 24.1 Å². The highest BCUT2D eigenvalue weighted by atomic mass is 79.9. The van der Waals surface area contributed by atoms with E-state index in [1.54, 1.807) is 0 Å². The first-order valence-electron chi connectivity index (χ1n) is 5.15. The molecule has 0 amide bonds. The lowest BCUT2D eigenvalue weighted by Crippen LogP contribution is -2.33. The summed E-state index contributed by atoms with van der Waals surface area (Å²) >= 11 is 3.57. The average molecular weight is 300 g/mol. The van der Waals surface area contributed by atoms with Gasteiger partial charge in [0.2, 0.25) is 10.0 Å². The zero-order valence-electron chi connectivity index (χ0n) is 8.91. The molecule has 90 valence electrons. The number of hydrogen-bond donors (Lipinski definition) is 1. The van der Waals surface area contributed by atoms with Crippen molar-refractivity contribution in [2.24, 2.45) is 5.92 Å². The fourth-order valence-corrected chi connectivity index (χ4v) is 3.49. The van der Waals surface area contributed by atoms with Gasteiger partial charge in [0.25, 0.3) is 0 Å². The second-order valence-corrected chi connectivity index (χ2v) is 6.97. The third kappa shape index (κ3) is 4.80. The molecular formula is C9H18BrNO3S. The van der Waals surface area contributed by atoms with Crippen LogP contribution in [-0.4, -0.2) is 39.3 Å². The summed E-state index contributed by atoms with van der Waals surface area (Å²) in [7, 11) is -1.65. The van der Waals surface area contributed by atoms with Crippen LogP contribution in [0.5, 0.6) is 0 Å². The monoisotopic (exact) mass is 299 g/mol. The Morgan fingerprint density at radius 3 is 2.73 bits per heavy atom. The van der Waals surface area contributed by atoms with Crippen molar-refractivity contribution in [3.8, 4) is 0 Å². The van der Waals surface area contributed by atoms with Crippen LogP contribution in [0.3, 0.4) is 0 Å². The Hall–Kier alpha value is 0.350. The van der Waals surface area contributed by atoms with Crippen LogP contribution in [0.1, 0.15) is 19.3 Å². The van der Waals surface area contributed by atoms with E-state index in [1.807, 2.05) is 0 Å². The van der Waals surface area contributed by atoms with E-state index < -0.39 is 10.0 Å². The van der Waals surface area contributed by atoms with E-state index in [9.17, 15) is 8.42 Å². The van der Waals surface area contributed by atoms with Gasteiger partial charge in [-0.1, -0.05) is 22.4 Å². The van der Waals surface area contributed by atoms with Crippen molar-refractivity contribution in [3.63, 3.8) is 0 Å². The van der Waals surface area contributed by atoms with Gasteiger partial charge in [-0.2, -0.15) is 0 Å². The molecule has 0 heterocycles. The number of halogens is 1. The van der Waals surface area contributed by atoms with Crippen LogP contribution >= 0.6 is 15.9 Å². The standard InChI is InChI=1S/C9H18BrNO3S/c1-14-5-6-15(12,13)11-7-8-3-2-4-9(8)10/h8-9,11H,2-7H2,1H3. The molecule has 0 radical (unpaired) electrons. The maximum atomic E-state index is 11.4. The average Bonchev–Trinajstić information content (AvgIpc) is 2.58. The fourth-order valence-electron chi connectivity index (χ4n) is 1.72. The van der Waals surface area contributed by atoms with Crippen molar-refractivity contribution in [3.05, 3.63) is 0 Å². The molecule has 0 aromatic heterocycles. The van der Waals surface area contributed by atoms with Gasteiger partial charge in [-0.05, 0) is 18.8 Å². The quantitative estimate of drug-likeness (QED) is 0.748. The number of sulfonamides is 1. The van der Waals surface area contributed by atoms with Crippen molar-refractivity contribution in [1.82, 2.24) is 4.72 Å². The molecule has 1 saturated carbocycles. The van der Waals surface area contributed by atoms with Gasteiger partial charge in [-0.25, -0.2) is 13.1 Å². The van der Waals surface area contributed by atoms with Crippen LogP contribution in [0.15, 0.2) is 0 Å². The number of ether oxygens (including phenoxy) is 1. The van der Waals surface area contributed by atoms with E-state index in [-0.39, 0.29) is 12.4 Å². The second kappa shape index (κ2) is 6.18. The maximum Gasteiger partial charge on any atom is 0.213 e. The molecule has 0 aliphatic heterocycles. The van der Waals surface area contributed by atoms with Gasteiger partial charge < -0.3 is 4.74 Å². The predicted molar refractivity (Wildman–Crippen MR) is 63.7 cm³/mol. The molecule has 4 nitrogen and oxygen atoms in total. The van der Waals surface area contributed by atoms with Gasteiger partial charge in [0.15, 0.2) is 0 Å². The lowest BCUT2D eigenvalue weighted by atomic mass is 10.1. The topological polar surface area (TPSA) is 55.4 Å². The Balaban J connectivity index is 2.29. The predicted octanol–water partition coefficient (Wildman–Crippen LogP) is 1.12. The lowest BCUT2D eigenvalue weighted by Gasteiger charge is -2.14. The molecule has 0 saturated heterocycles. The second-order valence-electron chi connectivity index (χ2n) is 3.87.